The minimum Gasteiger partial charge on any atom is -0.396 e. The molecule has 0 aromatic carbocycles. The number of hydrogen-bond acceptors (Lipinski definition) is 5. The summed E-state index contributed by atoms with van der Waals surface area (Å²) < 4.78 is 1.66. The van der Waals surface area contributed by atoms with Crippen LogP contribution >= 0.6 is 11.3 Å². The molecule has 3 aromatic heterocycles. The maximum absolute atomic E-state index is 5.61. The lowest BCUT2D eigenvalue weighted by Crippen LogP contribution is -1.98. The summed E-state index contributed by atoms with van der Waals surface area (Å²) >= 11 is 1.58. The average molecular weight is 217 g/mol. The van der Waals surface area contributed by atoms with E-state index in [0.29, 0.717) is 5.69 Å². The minimum atomic E-state index is 0.622. The van der Waals surface area contributed by atoms with Crippen LogP contribution in [0.25, 0.3) is 16.0 Å². The highest BCUT2D eigenvalue weighted by Crippen LogP contribution is 2.22. The fourth-order valence-electron chi connectivity index (χ4n) is 1.41. The second-order valence-corrected chi connectivity index (χ2v) is 3.95. The van der Waals surface area contributed by atoms with Crippen molar-refractivity contribution in [1.82, 2.24) is 19.7 Å². The van der Waals surface area contributed by atoms with E-state index in [-0.39, 0.29) is 0 Å². The summed E-state index contributed by atoms with van der Waals surface area (Å²) in [6, 6.07) is 1.98. The Kier molecular flexibility index (Phi) is 1.69. The SMILES string of the molecule is Nc1cnn(-c2ncnc3sccc23)c1. The van der Waals surface area contributed by atoms with Crippen molar-refractivity contribution in [1.29, 1.82) is 0 Å². The molecular weight excluding hydrogens is 210 g/mol. The van der Waals surface area contributed by atoms with Crippen molar-refractivity contribution in [2.75, 3.05) is 5.73 Å². The van der Waals surface area contributed by atoms with Crippen molar-refractivity contribution < 1.29 is 0 Å². The quantitative estimate of drug-likeness (QED) is 0.670. The lowest BCUT2D eigenvalue weighted by atomic mass is 10.4. The predicted molar refractivity (Wildman–Crippen MR) is 58.9 cm³/mol. The Morgan fingerprint density at radius 1 is 1.33 bits per heavy atom. The molecule has 0 spiro atoms. The van der Waals surface area contributed by atoms with Crippen molar-refractivity contribution >= 4 is 27.2 Å². The molecule has 0 aliphatic rings. The van der Waals surface area contributed by atoms with E-state index in [1.807, 2.05) is 11.4 Å². The number of nitrogens with two attached hydrogens (primary N) is 1. The smallest absolute Gasteiger partial charge is 0.165 e. The van der Waals surface area contributed by atoms with Crippen LogP contribution in [0.15, 0.2) is 30.2 Å². The van der Waals surface area contributed by atoms with Gasteiger partial charge in [0.25, 0.3) is 0 Å². The molecule has 0 amide bonds. The molecule has 0 bridgehead atoms. The Bertz CT molecular complexity index is 612. The van der Waals surface area contributed by atoms with Crippen molar-refractivity contribution in [3.63, 3.8) is 0 Å². The third-order valence-electron chi connectivity index (χ3n) is 2.06. The molecule has 0 saturated carbocycles. The zero-order valence-corrected chi connectivity index (χ0v) is 8.48. The first-order valence-electron chi connectivity index (χ1n) is 4.33. The number of anilines is 1. The van der Waals surface area contributed by atoms with Gasteiger partial charge in [0.1, 0.15) is 11.2 Å². The summed E-state index contributed by atoms with van der Waals surface area (Å²) in [4.78, 5) is 9.33. The summed E-state index contributed by atoms with van der Waals surface area (Å²) in [6.07, 6.45) is 4.87. The summed E-state index contributed by atoms with van der Waals surface area (Å²) in [6.45, 7) is 0. The number of hydrogen-bond donors (Lipinski definition) is 1. The van der Waals surface area contributed by atoms with E-state index in [0.717, 1.165) is 16.0 Å². The molecule has 0 atom stereocenters. The fraction of sp³-hybridized carbons (Fsp3) is 0. The molecule has 74 valence electrons. The summed E-state index contributed by atoms with van der Waals surface area (Å²) in [5, 5.41) is 7.09. The van der Waals surface area contributed by atoms with Crippen LogP contribution in [0.2, 0.25) is 0 Å². The maximum atomic E-state index is 5.61. The molecule has 0 saturated heterocycles. The molecule has 0 fully saturated rings. The van der Waals surface area contributed by atoms with E-state index in [4.69, 9.17) is 5.73 Å². The molecule has 0 aliphatic heterocycles. The molecule has 0 radical (unpaired) electrons. The van der Waals surface area contributed by atoms with E-state index in [9.17, 15) is 0 Å². The minimum absolute atomic E-state index is 0.622. The first-order chi connectivity index (χ1) is 7.34. The van der Waals surface area contributed by atoms with Gasteiger partial charge in [-0.1, -0.05) is 0 Å². The maximum Gasteiger partial charge on any atom is 0.165 e. The zero-order valence-electron chi connectivity index (χ0n) is 7.66. The van der Waals surface area contributed by atoms with Crippen LogP contribution in [0.4, 0.5) is 5.69 Å². The van der Waals surface area contributed by atoms with Crippen LogP contribution in [0.5, 0.6) is 0 Å². The van der Waals surface area contributed by atoms with Crippen LogP contribution in [0.1, 0.15) is 0 Å². The van der Waals surface area contributed by atoms with Crippen molar-refractivity contribution in [3.8, 4) is 5.82 Å². The molecular formula is C9H7N5S. The van der Waals surface area contributed by atoms with Crippen LogP contribution in [-0.2, 0) is 0 Å². The van der Waals surface area contributed by atoms with Gasteiger partial charge in [0.05, 0.1) is 23.5 Å². The van der Waals surface area contributed by atoms with Gasteiger partial charge in [0.2, 0.25) is 0 Å². The van der Waals surface area contributed by atoms with Gasteiger partial charge in [-0.2, -0.15) is 5.10 Å². The lowest BCUT2D eigenvalue weighted by Gasteiger charge is -2.00. The highest BCUT2D eigenvalue weighted by atomic mass is 32.1. The number of nitrogens with zero attached hydrogens (tertiary/aromatic N) is 4. The first kappa shape index (κ1) is 8.37. The highest BCUT2D eigenvalue weighted by molar-refractivity contribution is 7.16. The number of fused-ring (bicyclic) bond motifs is 1. The second-order valence-electron chi connectivity index (χ2n) is 3.05. The molecule has 2 N–H and O–H groups in total. The highest BCUT2D eigenvalue weighted by Gasteiger charge is 2.07. The van der Waals surface area contributed by atoms with Gasteiger partial charge in [-0.3, -0.25) is 0 Å². The molecule has 3 rings (SSSR count). The van der Waals surface area contributed by atoms with Gasteiger partial charge >= 0.3 is 0 Å². The molecule has 0 unspecified atom stereocenters. The van der Waals surface area contributed by atoms with Crippen molar-refractivity contribution in [3.05, 3.63) is 30.2 Å². The molecule has 5 nitrogen and oxygen atoms in total. The number of rotatable bonds is 1. The van der Waals surface area contributed by atoms with E-state index >= 15 is 0 Å². The Balaban J connectivity index is 2.30. The molecule has 6 heteroatoms. The molecule has 3 aromatic rings. The van der Waals surface area contributed by atoms with Crippen LogP contribution in [0.3, 0.4) is 0 Å². The van der Waals surface area contributed by atoms with Crippen LogP contribution in [-0.4, -0.2) is 19.7 Å². The summed E-state index contributed by atoms with van der Waals surface area (Å²) in [5.74, 6) is 0.762. The van der Waals surface area contributed by atoms with Crippen molar-refractivity contribution in [2.24, 2.45) is 0 Å². The standard InChI is InChI=1S/C9H7N5S/c10-6-3-13-14(4-6)8-7-1-2-15-9(7)12-5-11-8/h1-5H,10H2. The van der Waals surface area contributed by atoms with Crippen LogP contribution in [0, 0.1) is 0 Å². The number of aromatic nitrogens is 4. The van der Waals surface area contributed by atoms with Gasteiger partial charge < -0.3 is 5.73 Å². The second kappa shape index (κ2) is 3.03. The van der Waals surface area contributed by atoms with E-state index in [2.05, 4.69) is 15.1 Å². The number of thiophene rings is 1. The fourth-order valence-corrected chi connectivity index (χ4v) is 2.14. The normalized spacial score (nSPS) is 10.9. The lowest BCUT2D eigenvalue weighted by molar-refractivity contribution is 0.852. The van der Waals surface area contributed by atoms with Crippen molar-refractivity contribution in [2.45, 2.75) is 0 Å². The average Bonchev–Trinajstić information content (AvgIpc) is 2.84. The van der Waals surface area contributed by atoms with E-state index in [1.54, 1.807) is 28.4 Å². The van der Waals surface area contributed by atoms with Gasteiger partial charge in [-0.25, -0.2) is 14.6 Å². The van der Waals surface area contributed by atoms with E-state index in [1.165, 1.54) is 6.33 Å². The molecule has 3 heterocycles. The third-order valence-corrected chi connectivity index (χ3v) is 2.88. The Morgan fingerprint density at radius 3 is 3.07 bits per heavy atom. The summed E-state index contributed by atoms with van der Waals surface area (Å²) in [5.41, 5.74) is 6.23. The molecule has 0 aliphatic carbocycles. The number of nitrogen functional groups attached to an aromatic ring is 1. The van der Waals surface area contributed by atoms with E-state index < -0.39 is 0 Å². The van der Waals surface area contributed by atoms with Gasteiger partial charge in [-0.15, -0.1) is 11.3 Å². The Hall–Kier alpha value is -1.95. The third kappa shape index (κ3) is 1.26. The Morgan fingerprint density at radius 2 is 2.27 bits per heavy atom. The van der Waals surface area contributed by atoms with Crippen LogP contribution < -0.4 is 5.73 Å². The zero-order chi connectivity index (χ0) is 10.3. The first-order valence-corrected chi connectivity index (χ1v) is 5.21. The molecule has 15 heavy (non-hydrogen) atoms. The summed E-state index contributed by atoms with van der Waals surface area (Å²) in [7, 11) is 0. The predicted octanol–water partition coefficient (Wildman–Crippen LogP) is 1.46. The van der Waals surface area contributed by atoms with Gasteiger partial charge in [-0.05, 0) is 11.4 Å². The van der Waals surface area contributed by atoms with Gasteiger partial charge in [0, 0.05) is 0 Å². The Labute approximate surface area is 89.2 Å². The monoisotopic (exact) mass is 217 g/mol. The largest absolute Gasteiger partial charge is 0.396 e. The topological polar surface area (TPSA) is 69.6 Å². The van der Waals surface area contributed by atoms with Gasteiger partial charge in [0.15, 0.2) is 5.82 Å².